The lowest BCUT2D eigenvalue weighted by atomic mass is 10.0. The first kappa shape index (κ1) is 14.6. The van der Waals surface area contributed by atoms with Gasteiger partial charge in [0.25, 0.3) is 0 Å². The van der Waals surface area contributed by atoms with Crippen LogP contribution in [0.15, 0.2) is 24.3 Å². The molecule has 3 rings (SSSR count). The standard InChI is InChI=1S/C17H21ClN2O/c1-17(2)7-4-8-20(17)11-13-9-12-5-6-14(21-3)10-15(12)19-16(13)18/h5-6,9-10H,4,7-8,11H2,1-3H3. The number of halogens is 1. The maximum absolute atomic E-state index is 6.39. The summed E-state index contributed by atoms with van der Waals surface area (Å²) < 4.78 is 5.24. The number of hydrogen-bond donors (Lipinski definition) is 0. The van der Waals surface area contributed by atoms with Crippen LogP contribution in [0.2, 0.25) is 5.15 Å². The van der Waals surface area contributed by atoms with Crippen LogP contribution in [-0.2, 0) is 6.54 Å². The highest BCUT2D eigenvalue weighted by molar-refractivity contribution is 6.30. The van der Waals surface area contributed by atoms with Gasteiger partial charge in [-0.25, -0.2) is 4.98 Å². The molecular weight excluding hydrogens is 284 g/mol. The van der Waals surface area contributed by atoms with Crippen molar-refractivity contribution in [3.63, 3.8) is 0 Å². The Balaban J connectivity index is 1.94. The summed E-state index contributed by atoms with van der Waals surface area (Å²) >= 11 is 6.39. The highest BCUT2D eigenvalue weighted by Gasteiger charge is 2.32. The maximum atomic E-state index is 6.39. The molecule has 1 aliphatic heterocycles. The van der Waals surface area contributed by atoms with Gasteiger partial charge in [-0.05, 0) is 51.4 Å². The van der Waals surface area contributed by atoms with Gasteiger partial charge in [-0.1, -0.05) is 11.6 Å². The second kappa shape index (κ2) is 5.47. The number of aromatic nitrogens is 1. The SMILES string of the molecule is COc1ccc2cc(CN3CCCC3(C)C)c(Cl)nc2c1. The molecule has 0 atom stereocenters. The van der Waals surface area contributed by atoms with Crippen molar-refractivity contribution in [2.45, 2.75) is 38.8 Å². The Kier molecular flexibility index (Phi) is 3.80. The van der Waals surface area contributed by atoms with Gasteiger partial charge in [-0.3, -0.25) is 4.90 Å². The number of methoxy groups -OCH3 is 1. The second-order valence-corrected chi connectivity index (χ2v) is 6.69. The molecule has 0 N–H and O–H groups in total. The molecule has 0 spiro atoms. The molecule has 2 aromatic rings. The first-order valence-corrected chi connectivity index (χ1v) is 7.76. The molecular formula is C17H21ClN2O. The molecule has 1 aliphatic rings. The van der Waals surface area contributed by atoms with Crippen LogP contribution in [0.4, 0.5) is 0 Å². The van der Waals surface area contributed by atoms with E-state index in [1.165, 1.54) is 12.8 Å². The summed E-state index contributed by atoms with van der Waals surface area (Å²) in [6.45, 7) is 6.59. The molecule has 21 heavy (non-hydrogen) atoms. The smallest absolute Gasteiger partial charge is 0.134 e. The fraction of sp³-hybridized carbons (Fsp3) is 0.471. The lowest BCUT2D eigenvalue weighted by molar-refractivity contribution is 0.166. The molecule has 0 aliphatic carbocycles. The Morgan fingerprint density at radius 3 is 2.81 bits per heavy atom. The molecule has 0 saturated carbocycles. The first-order chi connectivity index (χ1) is 9.99. The van der Waals surface area contributed by atoms with E-state index in [2.05, 4.69) is 29.8 Å². The largest absolute Gasteiger partial charge is 0.497 e. The molecule has 4 heteroatoms. The van der Waals surface area contributed by atoms with E-state index in [9.17, 15) is 0 Å². The zero-order valence-electron chi connectivity index (χ0n) is 12.8. The van der Waals surface area contributed by atoms with Crippen LogP contribution < -0.4 is 4.74 Å². The van der Waals surface area contributed by atoms with E-state index in [0.717, 1.165) is 35.3 Å². The molecule has 0 unspecified atom stereocenters. The molecule has 112 valence electrons. The zero-order chi connectivity index (χ0) is 15.0. The van der Waals surface area contributed by atoms with E-state index in [-0.39, 0.29) is 5.54 Å². The van der Waals surface area contributed by atoms with Gasteiger partial charge in [0, 0.05) is 29.1 Å². The Bertz CT molecular complexity index is 669. The number of nitrogens with zero attached hydrogens (tertiary/aromatic N) is 2. The van der Waals surface area contributed by atoms with E-state index in [0.29, 0.717) is 5.15 Å². The molecule has 1 saturated heterocycles. The third-order valence-corrected chi connectivity index (χ3v) is 4.81. The van der Waals surface area contributed by atoms with Gasteiger partial charge in [0.2, 0.25) is 0 Å². The van der Waals surface area contributed by atoms with Gasteiger partial charge < -0.3 is 4.74 Å². The number of benzene rings is 1. The highest BCUT2D eigenvalue weighted by Crippen LogP contribution is 2.32. The van der Waals surface area contributed by atoms with Crippen molar-refractivity contribution in [1.82, 2.24) is 9.88 Å². The first-order valence-electron chi connectivity index (χ1n) is 7.38. The fourth-order valence-electron chi connectivity index (χ4n) is 3.07. The van der Waals surface area contributed by atoms with Crippen LogP contribution in [0.3, 0.4) is 0 Å². The number of ether oxygens (including phenoxy) is 1. The molecule has 3 nitrogen and oxygen atoms in total. The minimum absolute atomic E-state index is 0.248. The van der Waals surface area contributed by atoms with Crippen molar-refractivity contribution in [3.05, 3.63) is 35.0 Å². The van der Waals surface area contributed by atoms with Crippen molar-refractivity contribution < 1.29 is 4.74 Å². The molecule has 1 fully saturated rings. The van der Waals surface area contributed by atoms with E-state index in [1.54, 1.807) is 7.11 Å². The lowest BCUT2D eigenvalue weighted by Gasteiger charge is -2.31. The third-order valence-electron chi connectivity index (χ3n) is 4.48. The van der Waals surface area contributed by atoms with Gasteiger partial charge in [0.05, 0.1) is 12.6 Å². The summed E-state index contributed by atoms with van der Waals surface area (Å²) in [6.07, 6.45) is 2.49. The summed E-state index contributed by atoms with van der Waals surface area (Å²) in [4.78, 5) is 7.02. The van der Waals surface area contributed by atoms with Crippen LogP contribution in [0.1, 0.15) is 32.3 Å². The van der Waals surface area contributed by atoms with Gasteiger partial charge in [0.1, 0.15) is 10.9 Å². The average molecular weight is 305 g/mol. The molecule has 1 aromatic carbocycles. The van der Waals surface area contributed by atoms with E-state index in [1.807, 2.05) is 18.2 Å². The Morgan fingerprint density at radius 2 is 2.14 bits per heavy atom. The summed E-state index contributed by atoms with van der Waals surface area (Å²) in [7, 11) is 1.66. The molecule has 0 radical (unpaired) electrons. The van der Waals surface area contributed by atoms with Crippen LogP contribution in [-0.4, -0.2) is 29.1 Å². The van der Waals surface area contributed by atoms with E-state index < -0.39 is 0 Å². The van der Waals surface area contributed by atoms with Gasteiger partial charge >= 0.3 is 0 Å². The number of likely N-dealkylation sites (tertiary alicyclic amines) is 1. The predicted molar refractivity (Wildman–Crippen MR) is 87.0 cm³/mol. The minimum Gasteiger partial charge on any atom is -0.497 e. The van der Waals surface area contributed by atoms with E-state index >= 15 is 0 Å². The summed E-state index contributed by atoms with van der Waals surface area (Å²) in [6, 6.07) is 8.07. The fourth-order valence-corrected chi connectivity index (χ4v) is 3.27. The lowest BCUT2D eigenvalue weighted by Crippen LogP contribution is -2.37. The quantitative estimate of drug-likeness (QED) is 0.792. The topological polar surface area (TPSA) is 25.4 Å². The van der Waals surface area contributed by atoms with Gasteiger partial charge in [-0.2, -0.15) is 0 Å². The second-order valence-electron chi connectivity index (χ2n) is 6.33. The summed E-state index contributed by atoms with van der Waals surface area (Å²) in [5.74, 6) is 0.805. The maximum Gasteiger partial charge on any atom is 0.134 e. The van der Waals surface area contributed by atoms with E-state index in [4.69, 9.17) is 16.3 Å². The Labute approximate surface area is 130 Å². The van der Waals surface area contributed by atoms with Crippen LogP contribution in [0.5, 0.6) is 5.75 Å². The molecule has 0 bridgehead atoms. The summed E-state index contributed by atoms with van der Waals surface area (Å²) in [5, 5.41) is 1.70. The van der Waals surface area contributed by atoms with Crippen molar-refractivity contribution >= 4 is 22.5 Å². The van der Waals surface area contributed by atoms with Crippen LogP contribution >= 0.6 is 11.6 Å². The van der Waals surface area contributed by atoms with Crippen molar-refractivity contribution in [3.8, 4) is 5.75 Å². The Morgan fingerprint density at radius 1 is 1.33 bits per heavy atom. The molecule has 1 aromatic heterocycles. The van der Waals surface area contributed by atoms with Crippen LogP contribution in [0.25, 0.3) is 10.9 Å². The van der Waals surface area contributed by atoms with Crippen molar-refractivity contribution in [2.75, 3.05) is 13.7 Å². The van der Waals surface area contributed by atoms with Crippen molar-refractivity contribution in [1.29, 1.82) is 0 Å². The van der Waals surface area contributed by atoms with Crippen molar-refractivity contribution in [2.24, 2.45) is 0 Å². The average Bonchev–Trinajstić information content (AvgIpc) is 2.78. The third kappa shape index (κ3) is 2.85. The molecule has 0 amide bonds. The summed E-state index contributed by atoms with van der Waals surface area (Å²) in [5.41, 5.74) is 2.23. The Hall–Kier alpha value is -1.32. The van der Waals surface area contributed by atoms with Crippen LogP contribution in [0, 0.1) is 0 Å². The molecule has 2 heterocycles. The minimum atomic E-state index is 0.248. The van der Waals surface area contributed by atoms with Gasteiger partial charge in [-0.15, -0.1) is 0 Å². The van der Waals surface area contributed by atoms with Gasteiger partial charge in [0.15, 0.2) is 0 Å². The number of hydrogen-bond acceptors (Lipinski definition) is 3. The predicted octanol–water partition coefficient (Wildman–Crippen LogP) is 4.27. The number of pyridine rings is 1. The zero-order valence-corrected chi connectivity index (χ0v) is 13.6. The number of fused-ring (bicyclic) bond motifs is 1. The monoisotopic (exact) mass is 304 g/mol. The highest BCUT2D eigenvalue weighted by atomic mass is 35.5. The normalized spacial score (nSPS) is 18.3. The number of rotatable bonds is 3.